The van der Waals surface area contributed by atoms with Gasteiger partial charge in [-0.1, -0.05) is 0 Å². The molecule has 0 saturated carbocycles. The van der Waals surface area contributed by atoms with E-state index in [4.69, 9.17) is 10.2 Å². The van der Waals surface area contributed by atoms with E-state index in [0.29, 0.717) is 17.7 Å². The molecule has 0 saturated heterocycles. The summed E-state index contributed by atoms with van der Waals surface area (Å²) in [6.45, 7) is 1.83. The Kier molecular flexibility index (Phi) is 3.94. The Morgan fingerprint density at radius 3 is 3.00 bits per heavy atom. The second-order valence-electron chi connectivity index (χ2n) is 5.34. The van der Waals surface area contributed by atoms with Crippen LogP contribution in [0.1, 0.15) is 11.3 Å². The first-order valence-electron chi connectivity index (χ1n) is 7.11. The van der Waals surface area contributed by atoms with E-state index in [2.05, 4.69) is 15.3 Å². The number of rotatable bonds is 4. The van der Waals surface area contributed by atoms with Crippen molar-refractivity contribution in [2.45, 2.75) is 19.4 Å². The number of fused-ring (bicyclic) bond motifs is 1. The molecule has 0 fully saturated rings. The lowest BCUT2D eigenvalue weighted by Crippen LogP contribution is -2.37. The molecule has 118 valence electrons. The number of nitrogens with one attached hydrogen (secondary N) is 2. The summed E-state index contributed by atoms with van der Waals surface area (Å²) in [5, 5.41) is 3.55. The fraction of sp³-hybridized carbons (Fsp3) is 0.188. The molecule has 3 aromatic rings. The molecule has 0 aliphatic carbocycles. The monoisotopic (exact) mass is 312 g/mol. The van der Waals surface area contributed by atoms with Crippen molar-refractivity contribution in [3.05, 3.63) is 58.5 Å². The first-order chi connectivity index (χ1) is 11.0. The van der Waals surface area contributed by atoms with Gasteiger partial charge in [0.2, 0.25) is 5.91 Å². The van der Waals surface area contributed by atoms with Crippen LogP contribution in [0.4, 0.5) is 5.69 Å². The minimum atomic E-state index is -0.712. The fourth-order valence-corrected chi connectivity index (χ4v) is 2.36. The van der Waals surface area contributed by atoms with Gasteiger partial charge in [0, 0.05) is 41.5 Å². The van der Waals surface area contributed by atoms with Gasteiger partial charge in [-0.2, -0.15) is 0 Å². The van der Waals surface area contributed by atoms with E-state index in [1.807, 2.05) is 6.92 Å². The Balaban J connectivity index is 1.78. The number of benzene rings is 1. The van der Waals surface area contributed by atoms with Crippen molar-refractivity contribution >= 4 is 22.6 Å². The highest BCUT2D eigenvalue weighted by atomic mass is 16.4. The molecular weight excluding hydrogens is 296 g/mol. The van der Waals surface area contributed by atoms with Gasteiger partial charge in [-0.05, 0) is 24.6 Å². The van der Waals surface area contributed by atoms with Crippen LogP contribution in [0.25, 0.3) is 11.0 Å². The zero-order chi connectivity index (χ0) is 16.4. The van der Waals surface area contributed by atoms with Gasteiger partial charge in [-0.3, -0.25) is 4.79 Å². The predicted molar refractivity (Wildman–Crippen MR) is 86.1 cm³/mol. The molecule has 0 aliphatic rings. The Morgan fingerprint density at radius 1 is 1.43 bits per heavy atom. The van der Waals surface area contributed by atoms with Gasteiger partial charge in [-0.15, -0.1) is 0 Å². The zero-order valence-corrected chi connectivity index (χ0v) is 12.5. The number of aromatic amines is 1. The standard InChI is InChI=1S/C16H16N4O3/c1-9-4-15(21)23-14-6-10(2-3-12(9)14)20-16(22)13(17)5-11-7-18-8-19-11/h2-4,6-8,13H,5,17H2,1H3,(H,18,19)(H,20,22). The zero-order valence-electron chi connectivity index (χ0n) is 12.5. The van der Waals surface area contributed by atoms with Crippen LogP contribution in [-0.2, 0) is 11.2 Å². The molecule has 2 aromatic heterocycles. The molecule has 0 bridgehead atoms. The third kappa shape index (κ3) is 3.29. The number of hydrogen-bond acceptors (Lipinski definition) is 5. The van der Waals surface area contributed by atoms with Crippen LogP contribution >= 0.6 is 0 Å². The average molecular weight is 312 g/mol. The lowest BCUT2D eigenvalue weighted by molar-refractivity contribution is -0.117. The van der Waals surface area contributed by atoms with E-state index in [-0.39, 0.29) is 5.91 Å². The Hall–Kier alpha value is -2.93. The molecule has 7 nitrogen and oxygen atoms in total. The summed E-state index contributed by atoms with van der Waals surface area (Å²) in [5.74, 6) is -0.325. The van der Waals surface area contributed by atoms with Crippen LogP contribution < -0.4 is 16.7 Å². The van der Waals surface area contributed by atoms with Gasteiger partial charge in [0.05, 0.1) is 12.4 Å². The smallest absolute Gasteiger partial charge is 0.336 e. The number of nitrogens with two attached hydrogens (primary N) is 1. The van der Waals surface area contributed by atoms with E-state index in [1.54, 1.807) is 24.4 Å². The SMILES string of the molecule is Cc1cc(=O)oc2cc(NC(=O)C(N)Cc3cnc[nH]3)ccc12. The van der Waals surface area contributed by atoms with Crippen LogP contribution in [0.5, 0.6) is 0 Å². The Bertz CT molecular complexity index is 899. The molecule has 1 unspecified atom stereocenters. The molecule has 1 amide bonds. The highest BCUT2D eigenvalue weighted by Gasteiger charge is 2.15. The largest absolute Gasteiger partial charge is 0.423 e. The van der Waals surface area contributed by atoms with E-state index in [9.17, 15) is 9.59 Å². The number of aromatic nitrogens is 2. The molecule has 7 heteroatoms. The van der Waals surface area contributed by atoms with Crippen molar-refractivity contribution in [3.63, 3.8) is 0 Å². The topological polar surface area (TPSA) is 114 Å². The highest BCUT2D eigenvalue weighted by Crippen LogP contribution is 2.20. The van der Waals surface area contributed by atoms with Crippen molar-refractivity contribution in [1.29, 1.82) is 0 Å². The van der Waals surface area contributed by atoms with Crippen molar-refractivity contribution in [2.75, 3.05) is 5.32 Å². The number of H-pyrrole nitrogens is 1. The van der Waals surface area contributed by atoms with Gasteiger partial charge < -0.3 is 20.5 Å². The number of amides is 1. The second-order valence-corrected chi connectivity index (χ2v) is 5.34. The van der Waals surface area contributed by atoms with Crippen molar-refractivity contribution in [3.8, 4) is 0 Å². The molecule has 1 atom stereocenters. The molecule has 0 radical (unpaired) electrons. The predicted octanol–water partition coefficient (Wildman–Crippen LogP) is 1.33. The Morgan fingerprint density at radius 2 is 2.26 bits per heavy atom. The molecule has 23 heavy (non-hydrogen) atoms. The third-order valence-corrected chi connectivity index (χ3v) is 3.55. The maximum absolute atomic E-state index is 12.1. The highest BCUT2D eigenvalue weighted by molar-refractivity contribution is 5.96. The summed E-state index contributed by atoms with van der Waals surface area (Å²) in [6, 6.07) is 5.88. The van der Waals surface area contributed by atoms with Gasteiger partial charge in [0.1, 0.15) is 5.58 Å². The second kappa shape index (κ2) is 6.05. The summed E-state index contributed by atoms with van der Waals surface area (Å²) in [6.07, 6.45) is 3.52. The van der Waals surface area contributed by atoms with E-state index in [1.165, 1.54) is 12.4 Å². The van der Waals surface area contributed by atoms with Crippen LogP contribution in [-0.4, -0.2) is 21.9 Å². The third-order valence-electron chi connectivity index (χ3n) is 3.55. The molecule has 1 aromatic carbocycles. The van der Waals surface area contributed by atoms with Gasteiger partial charge in [0.15, 0.2) is 0 Å². The Labute approximate surface area is 131 Å². The van der Waals surface area contributed by atoms with E-state index in [0.717, 1.165) is 16.6 Å². The molecule has 4 N–H and O–H groups in total. The van der Waals surface area contributed by atoms with Gasteiger partial charge >= 0.3 is 5.63 Å². The van der Waals surface area contributed by atoms with Crippen molar-refractivity contribution in [1.82, 2.24) is 9.97 Å². The van der Waals surface area contributed by atoms with Crippen molar-refractivity contribution in [2.24, 2.45) is 5.73 Å². The van der Waals surface area contributed by atoms with E-state index >= 15 is 0 Å². The van der Waals surface area contributed by atoms with Crippen molar-refractivity contribution < 1.29 is 9.21 Å². The molecular formula is C16H16N4O3. The molecule has 0 aliphatic heterocycles. The summed E-state index contributed by atoms with van der Waals surface area (Å²) >= 11 is 0. The lowest BCUT2D eigenvalue weighted by atomic mass is 10.1. The van der Waals surface area contributed by atoms with Gasteiger partial charge in [0.25, 0.3) is 0 Å². The number of carbonyl (C=O) groups is 1. The maximum atomic E-state index is 12.1. The summed E-state index contributed by atoms with van der Waals surface area (Å²) in [7, 11) is 0. The number of hydrogen-bond donors (Lipinski definition) is 3. The number of imidazole rings is 1. The molecule has 2 heterocycles. The van der Waals surface area contributed by atoms with Crippen LogP contribution in [0, 0.1) is 6.92 Å². The number of aryl methyl sites for hydroxylation is 1. The maximum Gasteiger partial charge on any atom is 0.336 e. The lowest BCUT2D eigenvalue weighted by Gasteiger charge is -2.12. The normalized spacial score (nSPS) is 12.3. The minimum Gasteiger partial charge on any atom is -0.423 e. The van der Waals surface area contributed by atoms with Crippen LogP contribution in [0.2, 0.25) is 0 Å². The number of nitrogens with zero attached hydrogens (tertiary/aromatic N) is 1. The van der Waals surface area contributed by atoms with Gasteiger partial charge in [-0.25, -0.2) is 9.78 Å². The molecule has 3 rings (SSSR count). The summed E-state index contributed by atoms with van der Waals surface area (Å²) in [5.41, 5.74) is 8.02. The minimum absolute atomic E-state index is 0.325. The quantitative estimate of drug-likeness (QED) is 0.629. The fourth-order valence-electron chi connectivity index (χ4n) is 2.36. The summed E-state index contributed by atoms with van der Waals surface area (Å²) in [4.78, 5) is 30.4. The van der Waals surface area contributed by atoms with Crippen LogP contribution in [0.15, 0.2) is 46.0 Å². The van der Waals surface area contributed by atoms with Crippen LogP contribution in [0.3, 0.4) is 0 Å². The number of carbonyl (C=O) groups excluding carboxylic acids is 1. The van der Waals surface area contributed by atoms with E-state index < -0.39 is 11.7 Å². The summed E-state index contributed by atoms with van der Waals surface area (Å²) < 4.78 is 5.16. The number of anilines is 1. The first-order valence-corrected chi connectivity index (χ1v) is 7.11. The molecule has 0 spiro atoms. The average Bonchev–Trinajstić information content (AvgIpc) is 2.99. The first kappa shape index (κ1) is 15.0.